The van der Waals surface area contributed by atoms with Crippen molar-refractivity contribution in [1.82, 2.24) is 4.90 Å². The van der Waals surface area contributed by atoms with Gasteiger partial charge in [-0.1, -0.05) is 0 Å². The fourth-order valence-electron chi connectivity index (χ4n) is 1.38. The molecule has 0 aromatic rings. The number of alkyl halides is 1. The third-order valence-corrected chi connectivity index (χ3v) is 2.08. The van der Waals surface area contributed by atoms with Gasteiger partial charge in [-0.25, -0.2) is 9.18 Å². The third kappa shape index (κ3) is 1.85. The summed E-state index contributed by atoms with van der Waals surface area (Å²) in [5, 5.41) is 17.2. The average Bonchev–Trinajstić information content (AvgIpc) is 2.05. The SMILES string of the molecule is O=C(O)N1CCCC(F)(CO)C1. The molecule has 0 aliphatic carbocycles. The summed E-state index contributed by atoms with van der Waals surface area (Å²) in [4.78, 5) is 11.4. The van der Waals surface area contributed by atoms with Crippen LogP contribution in [0.2, 0.25) is 0 Å². The van der Waals surface area contributed by atoms with Crippen molar-refractivity contribution >= 4 is 6.09 Å². The Hall–Kier alpha value is -0.840. The minimum atomic E-state index is -1.73. The molecule has 1 unspecified atom stereocenters. The maximum Gasteiger partial charge on any atom is 0.407 e. The summed E-state index contributed by atoms with van der Waals surface area (Å²) in [5.74, 6) is 0. The van der Waals surface area contributed by atoms with Crippen molar-refractivity contribution in [2.45, 2.75) is 18.5 Å². The van der Waals surface area contributed by atoms with E-state index in [0.717, 1.165) is 4.90 Å². The summed E-state index contributed by atoms with van der Waals surface area (Å²) in [6.45, 7) is -0.448. The monoisotopic (exact) mass is 177 g/mol. The van der Waals surface area contributed by atoms with Crippen molar-refractivity contribution in [3.8, 4) is 0 Å². The summed E-state index contributed by atoms with van der Waals surface area (Å²) < 4.78 is 13.4. The van der Waals surface area contributed by atoms with Crippen molar-refractivity contribution in [3.63, 3.8) is 0 Å². The molecule has 0 bridgehead atoms. The lowest BCUT2D eigenvalue weighted by Crippen LogP contribution is -2.49. The zero-order valence-electron chi connectivity index (χ0n) is 6.66. The quantitative estimate of drug-likeness (QED) is 0.611. The van der Waals surface area contributed by atoms with Gasteiger partial charge in [-0.2, -0.15) is 0 Å². The fourth-order valence-corrected chi connectivity index (χ4v) is 1.38. The molecule has 1 fully saturated rings. The van der Waals surface area contributed by atoms with Crippen molar-refractivity contribution < 1.29 is 19.4 Å². The van der Waals surface area contributed by atoms with E-state index in [1.807, 2.05) is 0 Å². The first-order valence-electron chi connectivity index (χ1n) is 3.85. The maximum absolute atomic E-state index is 13.4. The molecule has 4 nitrogen and oxygen atoms in total. The number of amides is 1. The molecule has 70 valence electrons. The third-order valence-electron chi connectivity index (χ3n) is 2.08. The number of hydrogen-bond donors (Lipinski definition) is 2. The van der Waals surface area contributed by atoms with Gasteiger partial charge in [-0.3, -0.25) is 0 Å². The van der Waals surface area contributed by atoms with E-state index in [4.69, 9.17) is 10.2 Å². The number of hydrogen-bond acceptors (Lipinski definition) is 2. The van der Waals surface area contributed by atoms with Gasteiger partial charge < -0.3 is 15.1 Å². The predicted octanol–water partition coefficient (Wildman–Crippen LogP) is 0.461. The molecule has 0 aromatic carbocycles. The fraction of sp³-hybridized carbons (Fsp3) is 0.857. The van der Waals surface area contributed by atoms with Gasteiger partial charge in [-0.05, 0) is 12.8 Å². The van der Waals surface area contributed by atoms with Crippen molar-refractivity contribution in [2.24, 2.45) is 0 Å². The Labute approximate surface area is 69.6 Å². The first kappa shape index (κ1) is 9.25. The van der Waals surface area contributed by atoms with Gasteiger partial charge in [0, 0.05) is 6.54 Å². The molecule has 5 heteroatoms. The number of rotatable bonds is 1. The van der Waals surface area contributed by atoms with Gasteiger partial charge in [-0.15, -0.1) is 0 Å². The number of carbonyl (C=O) groups is 1. The summed E-state index contributed by atoms with van der Waals surface area (Å²) in [5.41, 5.74) is -1.73. The second kappa shape index (κ2) is 3.26. The predicted molar refractivity (Wildman–Crippen MR) is 39.8 cm³/mol. The van der Waals surface area contributed by atoms with E-state index in [-0.39, 0.29) is 13.0 Å². The van der Waals surface area contributed by atoms with E-state index < -0.39 is 18.4 Å². The molecule has 1 rings (SSSR count). The van der Waals surface area contributed by atoms with Crippen molar-refractivity contribution in [3.05, 3.63) is 0 Å². The van der Waals surface area contributed by atoms with Crippen LogP contribution in [0.15, 0.2) is 0 Å². The van der Waals surface area contributed by atoms with Crippen LogP contribution in [0, 0.1) is 0 Å². The Morgan fingerprint density at radius 2 is 2.33 bits per heavy atom. The lowest BCUT2D eigenvalue weighted by Gasteiger charge is -2.34. The number of piperidine rings is 1. The standard InChI is InChI=1S/C7H12FNO3/c8-7(5-10)2-1-3-9(4-7)6(11)12/h10H,1-5H2,(H,11,12). The summed E-state index contributed by atoms with van der Waals surface area (Å²) in [7, 11) is 0. The van der Waals surface area contributed by atoms with E-state index in [1.54, 1.807) is 0 Å². The van der Waals surface area contributed by atoms with Crippen LogP contribution < -0.4 is 0 Å². The van der Waals surface area contributed by atoms with Crippen LogP contribution in [0.25, 0.3) is 0 Å². The van der Waals surface area contributed by atoms with E-state index in [1.165, 1.54) is 0 Å². The zero-order valence-corrected chi connectivity index (χ0v) is 6.66. The second-order valence-corrected chi connectivity index (χ2v) is 3.12. The molecule has 0 aromatic heterocycles. The number of aliphatic hydroxyl groups excluding tert-OH is 1. The molecular weight excluding hydrogens is 165 g/mol. The molecule has 0 spiro atoms. The van der Waals surface area contributed by atoms with Crippen LogP contribution in [0.1, 0.15) is 12.8 Å². The number of carboxylic acid groups (broad SMARTS) is 1. The normalized spacial score (nSPS) is 30.3. The Kier molecular flexibility index (Phi) is 2.52. The maximum atomic E-state index is 13.4. The average molecular weight is 177 g/mol. The summed E-state index contributed by atoms with van der Waals surface area (Å²) >= 11 is 0. The molecule has 1 saturated heterocycles. The Morgan fingerprint density at radius 3 is 2.83 bits per heavy atom. The van der Waals surface area contributed by atoms with Crippen LogP contribution in [0.4, 0.5) is 9.18 Å². The zero-order chi connectivity index (χ0) is 9.19. The van der Waals surface area contributed by atoms with Gasteiger partial charge >= 0.3 is 6.09 Å². The number of likely N-dealkylation sites (tertiary alicyclic amines) is 1. The molecule has 1 atom stereocenters. The van der Waals surface area contributed by atoms with Crippen molar-refractivity contribution in [2.75, 3.05) is 19.7 Å². The number of aliphatic hydroxyl groups is 1. The van der Waals surface area contributed by atoms with Crippen LogP contribution in [-0.2, 0) is 0 Å². The highest BCUT2D eigenvalue weighted by Gasteiger charge is 2.36. The number of halogens is 1. The largest absolute Gasteiger partial charge is 0.465 e. The Bertz CT molecular complexity index is 187. The highest BCUT2D eigenvalue weighted by molar-refractivity contribution is 5.65. The molecule has 1 aliphatic rings. The molecule has 1 amide bonds. The lowest BCUT2D eigenvalue weighted by molar-refractivity contribution is 0.00341. The molecular formula is C7H12FNO3. The van der Waals surface area contributed by atoms with Gasteiger partial charge in [0.2, 0.25) is 0 Å². The van der Waals surface area contributed by atoms with Crippen LogP contribution in [0.5, 0.6) is 0 Å². The minimum Gasteiger partial charge on any atom is -0.465 e. The Balaban J connectivity index is 2.57. The summed E-state index contributed by atoms with van der Waals surface area (Å²) in [6.07, 6.45) is -0.401. The van der Waals surface area contributed by atoms with Crippen LogP contribution in [-0.4, -0.2) is 46.6 Å². The van der Waals surface area contributed by atoms with E-state index in [9.17, 15) is 9.18 Å². The Morgan fingerprint density at radius 1 is 1.67 bits per heavy atom. The molecule has 12 heavy (non-hydrogen) atoms. The minimum absolute atomic E-state index is 0.209. The summed E-state index contributed by atoms with van der Waals surface area (Å²) in [6, 6.07) is 0. The van der Waals surface area contributed by atoms with Crippen molar-refractivity contribution in [1.29, 1.82) is 0 Å². The smallest absolute Gasteiger partial charge is 0.407 e. The van der Waals surface area contributed by atoms with Gasteiger partial charge in [0.15, 0.2) is 5.67 Å². The molecule has 0 radical (unpaired) electrons. The van der Waals surface area contributed by atoms with Crippen LogP contribution >= 0.6 is 0 Å². The topological polar surface area (TPSA) is 60.8 Å². The van der Waals surface area contributed by atoms with Gasteiger partial charge in [0.25, 0.3) is 0 Å². The first-order valence-corrected chi connectivity index (χ1v) is 3.85. The molecule has 2 N–H and O–H groups in total. The second-order valence-electron chi connectivity index (χ2n) is 3.12. The molecule has 0 saturated carbocycles. The van der Waals surface area contributed by atoms with E-state index in [2.05, 4.69) is 0 Å². The van der Waals surface area contributed by atoms with Crippen LogP contribution in [0.3, 0.4) is 0 Å². The molecule has 1 aliphatic heterocycles. The van der Waals surface area contributed by atoms with E-state index in [0.29, 0.717) is 13.0 Å². The highest BCUT2D eigenvalue weighted by Crippen LogP contribution is 2.24. The van der Waals surface area contributed by atoms with E-state index >= 15 is 0 Å². The highest BCUT2D eigenvalue weighted by atomic mass is 19.1. The molecule has 1 heterocycles. The first-order chi connectivity index (χ1) is 5.57. The van der Waals surface area contributed by atoms with Gasteiger partial charge in [0.05, 0.1) is 13.2 Å². The number of nitrogens with zero attached hydrogens (tertiary/aromatic N) is 1. The lowest BCUT2D eigenvalue weighted by atomic mass is 9.96. The van der Waals surface area contributed by atoms with Gasteiger partial charge in [0.1, 0.15) is 0 Å².